The molecule has 16 heteroatoms. The molecule has 0 saturated heterocycles. The number of nitro groups is 4. The summed E-state index contributed by atoms with van der Waals surface area (Å²) in [6, 6.07) is 26.0. The van der Waals surface area contributed by atoms with Crippen LogP contribution in [0, 0.1) is 40.5 Å². The highest BCUT2D eigenvalue weighted by Gasteiger charge is 2.30. The second kappa shape index (κ2) is 17.6. The fraction of sp³-hybridized carbons (Fsp3) is 0.333. The van der Waals surface area contributed by atoms with Gasteiger partial charge in [-0.05, 0) is 49.9 Å². The first-order valence-corrected chi connectivity index (χ1v) is 17.1. The summed E-state index contributed by atoms with van der Waals surface area (Å²) in [6.07, 6.45) is 7.38. The highest BCUT2D eigenvalue weighted by atomic mass is 16.6. The number of nitrogens with one attached hydrogen (secondary N) is 4. The van der Waals surface area contributed by atoms with Crippen LogP contribution < -0.4 is 21.3 Å². The molecule has 2 saturated carbocycles. The Labute approximate surface area is 299 Å². The molecule has 0 heterocycles. The molecular weight excluding hydrogens is 672 g/mol. The van der Waals surface area contributed by atoms with Crippen LogP contribution in [0.1, 0.15) is 51.4 Å². The lowest BCUT2D eigenvalue weighted by molar-refractivity contribution is -0.384. The molecule has 52 heavy (non-hydrogen) atoms. The summed E-state index contributed by atoms with van der Waals surface area (Å²) in [6.45, 7) is 0. The molecule has 4 N–H and O–H groups in total. The number of anilines is 4. The third-order valence-electron chi connectivity index (χ3n) is 9.30. The van der Waals surface area contributed by atoms with Gasteiger partial charge in [0.1, 0.15) is 22.7 Å². The summed E-state index contributed by atoms with van der Waals surface area (Å²) < 4.78 is 0. The molecule has 2 fully saturated rings. The largest absolute Gasteiger partial charge is 0.375 e. The van der Waals surface area contributed by atoms with E-state index in [0.29, 0.717) is 22.7 Å². The van der Waals surface area contributed by atoms with E-state index in [1.807, 2.05) is 0 Å². The Morgan fingerprint density at radius 2 is 0.558 bits per heavy atom. The molecule has 0 aliphatic heterocycles. The summed E-state index contributed by atoms with van der Waals surface area (Å²) in [4.78, 5) is 43.3. The first-order valence-electron chi connectivity index (χ1n) is 17.1. The van der Waals surface area contributed by atoms with Gasteiger partial charge in [-0.25, -0.2) is 0 Å². The van der Waals surface area contributed by atoms with Crippen molar-refractivity contribution < 1.29 is 19.7 Å². The molecule has 0 radical (unpaired) electrons. The molecule has 0 unspecified atom stereocenters. The molecule has 4 aromatic rings. The van der Waals surface area contributed by atoms with Crippen LogP contribution in [-0.2, 0) is 0 Å². The van der Waals surface area contributed by atoms with Gasteiger partial charge in [0.2, 0.25) is 0 Å². The Balaban J connectivity index is 0.000000201. The SMILES string of the molecule is O=[N+]([O-])c1ccccc1N[C@@H]1CCCC[C@H]1Nc1ccccc1[N+](=O)[O-].O=[N+]([O-])c1ccccc1N[C@H]1CCCC[C@@H]1Nc1ccccc1[N+](=O)[O-]. The summed E-state index contributed by atoms with van der Waals surface area (Å²) in [7, 11) is 0. The number of benzene rings is 4. The van der Waals surface area contributed by atoms with E-state index < -0.39 is 19.7 Å². The summed E-state index contributed by atoms with van der Waals surface area (Å²) in [5.74, 6) is 0. The fourth-order valence-electron chi connectivity index (χ4n) is 6.77. The summed E-state index contributed by atoms with van der Waals surface area (Å²) in [5, 5.41) is 58.0. The summed E-state index contributed by atoms with van der Waals surface area (Å²) >= 11 is 0. The number of para-hydroxylation sites is 8. The van der Waals surface area contributed by atoms with E-state index in [1.54, 1.807) is 72.8 Å². The second-order valence-corrected chi connectivity index (χ2v) is 12.7. The van der Waals surface area contributed by atoms with Gasteiger partial charge in [-0.2, -0.15) is 0 Å². The van der Waals surface area contributed by atoms with Crippen LogP contribution in [0.5, 0.6) is 0 Å². The maximum Gasteiger partial charge on any atom is 0.292 e. The molecule has 2 aliphatic rings. The highest BCUT2D eigenvalue weighted by molar-refractivity contribution is 5.65. The van der Waals surface area contributed by atoms with Crippen molar-refractivity contribution >= 4 is 45.5 Å². The van der Waals surface area contributed by atoms with Gasteiger partial charge in [0, 0.05) is 48.4 Å². The van der Waals surface area contributed by atoms with Crippen LogP contribution in [0.25, 0.3) is 0 Å². The van der Waals surface area contributed by atoms with Crippen molar-refractivity contribution in [1.82, 2.24) is 0 Å². The molecule has 2 aliphatic carbocycles. The second-order valence-electron chi connectivity index (χ2n) is 12.7. The van der Waals surface area contributed by atoms with Gasteiger partial charge in [0.25, 0.3) is 22.7 Å². The van der Waals surface area contributed by atoms with Gasteiger partial charge in [0.05, 0.1) is 19.7 Å². The van der Waals surface area contributed by atoms with Crippen molar-refractivity contribution in [3.8, 4) is 0 Å². The molecule has 272 valence electrons. The van der Waals surface area contributed by atoms with E-state index in [0.717, 1.165) is 51.4 Å². The first kappa shape index (κ1) is 36.9. The first-order chi connectivity index (χ1) is 25.1. The van der Waals surface area contributed by atoms with Crippen molar-refractivity contribution in [2.24, 2.45) is 0 Å². The normalized spacial score (nSPS) is 19.5. The van der Waals surface area contributed by atoms with E-state index in [4.69, 9.17) is 0 Å². The molecular formula is C36H40N8O8. The van der Waals surface area contributed by atoms with Crippen LogP contribution in [-0.4, -0.2) is 43.9 Å². The zero-order chi connectivity index (χ0) is 37.0. The Morgan fingerprint density at radius 3 is 0.750 bits per heavy atom. The molecule has 6 rings (SSSR count). The van der Waals surface area contributed by atoms with Crippen molar-refractivity contribution in [2.45, 2.75) is 75.5 Å². The standard InChI is InChI=1S/2C18H20N4O4/c2*23-21(24)17-11-5-3-9-15(17)19-13-7-1-2-8-14(13)20-16-10-4-6-12-18(16)22(25)26/h2*3-6,9-14,19-20H,1-2,7-8H2/t2*13-,14-/m10/s1. The van der Waals surface area contributed by atoms with Crippen molar-refractivity contribution in [3.63, 3.8) is 0 Å². The number of rotatable bonds is 12. The highest BCUT2D eigenvalue weighted by Crippen LogP contribution is 2.33. The van der Waals surface area contributed by atoms with Gasteiger partial charge in [-0.1, -0.05) is 74.2 Å². The monoisotopic (exact) mass is 712 g/mol. The quantitative estimate of drug-likeness (QED) is 0.0800. The lowest BCUT2D eigenvalue weighted by Gasteiger charge is -2.34. The zero-order valence-corrected chi connectivity index (χ0v) is 28.3. The number of nitro benzene ring substituents is 4. The van der Waals surface area contributed by atoms with E-state index in [9.17, 15) is 40.5 Å². The Hall–Kier alpha value is -6.32. The Morgan fingerprint density at radius 1 is 0.365 bits per heavy atom. The van der Waals surface area contributed by atoms with Gasteiger partial charge in [-0.3, -0.25) is 40.5 Å². The number of hydrogen-bond acceptors (Lipinski definition) is 12. The van der Waals surface area contributed by atoms with E-state index in [-0.39, 0.29) is 46.9 Å². The third kappa shape index (κ3) is 9.47. The van der Waals surface area contributed by atoms with Crippen molar-refractivity contribution in [1.29, 1.82) is 0 Å². The topological polar surface area (TPSA) is 221 Å². The maximum atomic E-state index is 11.2. The van der Waals surface area contributed by atoms with Crippen molar-refractivity contribution in [3.05, 3.63) is 138 Å². The van der Waals surface area contributed by atoms with E-state index in [2.05, 4.69) is 21.3 Å². The van der Waals surface area contributed by atoms with Gasteiger partial charge in [0.15, 0.2) is 0 Å². The lowest BCUT2D eigenvalue weighted by Crippen LogP contribution is -2.42. The van der Waals surface area contributed by atoms with Gasteiger partial charge < -0.3 is 21.3 Å². The van der Waals surface area contributed by atoms with Crippen LogP contribution in [0.3, 0.4) is 0 Å². The smallest absolute Gasteiger partial charge is 0.292 e. The molecule has 16 nitrogen and oxygen atoms in total. The van der Waals surface area contributed by atoms with Crippen molar-refractivity contribution in [2.75, 3.05) is 21.3 Å². The third-order valence-corrected chi connectivity index (χ3v) is 9.30. The molecule has 0 bridgehead atoms. The average molecular weight is 713 g/mol. The molecule has 0 amide bonds. The predicted octanol–water partition coefficient (Wildman–Crippen LogP) is 8.68. The van der Waals surface area contributed by atoms with E-state index in [1.165, 1.54) is 24.3 Å². The molecule has 4 atom stereocenters. The number of nitrogens with zero attached hydrogens (tertiary/aromatic N) is 4. The Bertz CT molecular complexity index is 1620. The lowest BCUT2D eigenvalue weighted by atomic mass is 9.89. The van der Waals surface area contributed by atoms with Crippen LogP contribution in [0.15, 0.2) is 97.1 Å². The minimum Gasteiger partial charge on any atom is -0.375 e. The maximum absolute atomic E-state index is 11.2. The average Bonchev–Trinajstić information content (AvgIpc) is 3.14. The minimum absolute atomic E-state index is 0.0301. The fourth-order valence-corrected chi connectivity index (χ4v) is 6.77. The molecule has 0 spiro atoms. The van der Waals surface area contributed by atoms with E-state index >= 15 is 0 Å². The number of hydrogen-bond donors (Lipinski definition) is 4. The van der Waals surface area contributed by atoms with Crippen LogP contribution in [0.4, 0.5) is 45.5 Å². The molecule has 4 aromatic carbocycles. The van der Waals surface area contributed by atoms with Crippen LogP contribution >= 0.6 is 0 Å². The zero-order valence-electron chi connectivity index (χ0n) is 28.3. The predicted molar refractivity (Wildman–Crippen MR) is 199 cm³/mol. The van der Waals surface area contributed by atoms with Gasteiger partial charge in [-0.15, -0.1) is 0 Å². The minimum atomic E-state index is -0.407. The summed E-state index contributed by atoms with van der Waals surface area (Å²) in [5.41, 5.74) is 2.00. The van der Waals surface area contributed by atoms with Crippen LogP contribution in [0.2, 0.25) is 0 Å². The van der Waals surface area contributed by atoms with Gasteiger partial charge >= 0.3 is 0 Å². The molecule has 0 aromatic heterocycles. The Kier molecular flexibility index (Phi) is 12.5.